The lowest BCUT2D eigenvalue weighted by atomic mass is 9.79. The monoisotopic (exact) mass is 446 g/mol. The molecule has 3 aromatic carbocycles. The first-order chi connectivity index (χ1) is 15.9. The minimum absolute atomic E-state index is 0.442. The molecule has 1 unspecified atom stereocenters. The van der Waals surface area contributed by atoms with Gasteiger partial charge >= 0.3 is 6.18 Å². The second-order valence-electron chi connectivity index (χ2n) is 8.20. The van der Waals surface area contributed by atoms with E-state index in [1.807, 2.05) is 73.7 Å². The molecular formula is C28H25F3N2. The predicted octanol–water partition coefficient (Wildman–Crippen LogP) is 6.68. The Morgan fingerprint density at radius 2 is 1.42 bits per heavy atom. The van der Waals surface area contributed by atoms with E-state index in [0.29, 0.717) is 24.2 Å². The van der Waals surface area contributed by atoms with E-state index in [1.54, 1.807) is 12.3 Å². The number of aromatic nitrogens is 1. The zero-order chi connectivity index (χ0) is 23.3. The maximum absolute atomic E-state index is 13.6. The Morgan fingerprint density at radius 1 is 0.727 bits per heavy atom. The lowest BCUT2D eigenvalue weighted by Crippen LogP contribution is -2.46. The van der Waals surface area contributed by atoms with Gasteiger partial charge in [-0.15, -0.1) is 0 Å². The molecule has 33 heavy (non-hydrogen) atoms. The molecule has 1 atom stereocenters. The highest BCUT2D eigenvalue weighted by Crippen LogP contribution is 2.37. The summed E-state index contributed by atoms with van der Waals surface area (Å²) in [6.45, 7) is 2.49. The van der Waals surface area contributed by atoms with E-state index in [-0.39, 0.29) is 0 Å². The molecule has 0 saturated carbocycles. The molecule has 168 valence electrons. The molecule has 0 aliphatic rings. The van der Waals surface area contributed by atoms with Gasteiger partial charge in [-0.3, -0.25) is 10.3 Å². The summed E-state index contributed by atoms with van der Waals surface area (Å²) in [5.74, 6) is 0. The van der Waals surface area contributed by atoms with Crippen molar-refractivity contribution in [2.45, 2.75) is 31.6 Å². The zero-order valence-corrected chi connectivity index (χ0v) is 18.3. The number of pyridine rings is 1. The standard InChI is InChI=1S/C28H25F3N2/c1-21-9-7-12-23(17-21)20-33-27(26-15-5-6-16-32-26,19-22-10-3-2-4-11-22)24-13-8-14-25(18-24)28(29,30)31/h2-18,33H,19-20H2,1H3. The summed E-state index contributed by atoms with van der Waals surface area (Å²) in [6.07, 6.45) is -2.32. The molecule has 0 fully saturated rings. The number of rotatable bonds is 7. The molecule has 1 N–H and O–H groups in total. The molecule has 0 radical (unpaired) electrons. The number of aryl methyl sites for hydroxylation is 1. The van der Waals surface area contributed by atoms with Crippen molar-refractivity contribution < 1.29 is 13.2 Å². The fraction of sp³-hybridized carbons (Fsp3) is 0.179. The third-order valence-electron chi connectivity index (χ3n) is 5.77. The quantitative estimate of drug-likeness (QED) is 0.342. The summed E-state index contributed by atoms with van der Waals surface area (Å²) in [5, 5.41) is 3.61. The van der Waals surface area contributed by atoms with Gasteiger partial charge in [0.05, 0.1) is 16.8 Å². The SMILES string of the molecule is Cc1cccc(CNC(Cc2ccccc2)(c2cccc(C(F)(F)F)c2)c2ccccn2)c1. The summed E-state index contributed by atoms with van der Waals surface area (Å²) in [6, 6.07) is 29.0. The Bertz CT molecular complexity index is 1190. The smallest absolute Gasteiger partial charge is 0.298 e. The average molecular weight is 447 g/mol. The fourth-order valence-electron chi connectivity index (χ4n) is 4.15. The van der Waals surface area contributed by atoms with Gasteiger partial charge in [-0.05, 0) is 47.9 Å². The number of nitrogens with zero attached hydrogens (tertiary/aromatic N) is 1. The number of alkyl halides is 3. The molecule has 4 aromatic rings. The van der Waals surface area contributed by atoms with E-state index in [4.69, 9.17) is 0 Å². The van der Waals surface area contributed by atoms with Gasteiger partial charge in [-0.1, -0.05) is 78.4 Å². The molecule has 0 saturated heterocycles. The third kappa shape index (κ3) is 5.32. The van der Waals surface area contributed by atoms with Crippen LogP contribution in [0.3, 0.4) is 0 Å². The maximum atomic E-state index is 13.6. The summed E-state index contributed by atoms with van der Waals surface area (Å²) in [4.78, 5) is 4.60. The van der Waals surface area contributed by atoms with Gasteiger partial charge in [0.1, 0.15) is 0 Å². The highest BCUT2D eigenvalue weighted by atomic mass is 19.4. The fourth-order valence-corrected chi connectivity index (χ4v) is 4.15. The van der Waals surface area contributed by atoms with Crippen LogP contribution in [0.4, 0.5) is 13.2 Å². The van der Waals surface area contributed by atoms with Crippen LogP contribution in [-0.2, 0) is 24.7 Å². The number of halogens is 3. The van der Waals surface area contributed by atoms with Crippen LogP contribution >= 0.6 is 0 Å². The normalized spacial score (nSPS) is 13.5. The first-order valence-corrected chi connectivity index (χ1v) is 10.8. The van der Waals surface area contributed by atoms with Gasteiger partial charge in [-0.25, -0.2) is 0 Å². The molecule has 4 rings (SSSR count). The van der Waals surface area contributed by atoms with Crippen molar-refractivity contribution >= 4 is 0 Å². The Hall–Kier alpha value is -3.44. The van der Waals surface area contributed by atoms with Crippen LogP contribution in [-0.4, -0.2) is 4.98 Å². The molecule has 2 nitrogen and oxygen atoms in total. The molecule has 0 amide bonds. The van der Waals surface area contributed by atoms with Crippen LogP contribution in [0.1, 0.15) is 33.5 Å². The van der Waals surface area contributed by atoms with E-state index in [0.717, 1.165) is 22.8 Å². The Kier molecular flexibility index (Phi) is 6.61. The second kappa shape index (κ2) is 9.59. The van der Waals surface area contributed by atoms with Crippen molar-refractivity contribution in [2.75, 3.05) is 0 Å². The Morgan fingerprint density at radius 3 is 2.12 bits per heavy atom. The molecule has 0 bridgehead atoms. The van der Waals surface area contributed by atoms with Crippen LogP contribution < -0.4 is 5.32 Å². The second-order valence-corrected chi connectivity index (χ2v) is 8.20. The summed E-state index contributed by atoms with van der Waals surface area (Å²) >= 11 is 0. The van der Waals surface area contributed by atoms with Gasteiger partial charge in [0.25, 0.3) is 0 Å². The van der Waals surface area contributed by atoms with Crippen molar-refractivity contribution in [3.8, 4) is 0 Å². The number of hydrogen-bond acceptors (Lipinski definition) is 2. The van der Waals surface area contributed by atoms with E-state index in [1.165, 1.54) is 12.1 Å². The highest BCUT2D eigenvalue weighted by molar-refractivity contribution is 5.41. The third-order valence-corrected chi connectivity index (χ3v) is 5.77. The van der Waals surface area contributed by atoms with Crippen LogP contribution in [0.2, 0.25) is 0 Å². The van der Waals surface area contributed by atoms with Crippen molar-refractivity contribution in [3.63, 3.8) is 0 Å². The summed E-state index contributed by atoms with van der Waals surface area (Å²) in [5.41, 5.74) is 2.72. The molecule has 0 aliphatic heterocycles. The minimum Gasteiger partial charge on any atom is -0.298 e. The van der Waals surface area contributed by atoms with Crippen LogP contribution in [0.5, 0.6) is 0 Å². The van der Waals surface area contributed by atoms with Crippen LogP contribution in [0.25, 0.3) is 0 Å². The van der Waals surface area contributed by atoms with Gasteiger partial charge in [-0.2, -0.15) is 13.2 Å². The largest absolute Gasteiger partial charge is 0.416 e. The first-order valence-electron chi connectivity index (χ1n) is 10.8. The van der Waals surface area contributed by atoms with Crippen LogP contribution in [0, 0.1) is 6.92 Å². The van der Waals surface area contributed by atoms with Crippen molar-refractivity contribution in [3.05, 3.63) is 137 Å². The first kappa shape index (κ1) is 22.7. The number of nitrogens with one attached hydrogen (secondary N) is 1. The lowest BCUT2D eigenvalue weighted by molar-refractivity contribution is -0.137. The van der Waals surface area contributed by atoms with Crippen molar-refractivity contribution in [2.24, 2.45) is 0 Å². The van der Waals surface area contributed by atoms with Gasteiger partial charge in [0, 0.05) is 19.2 Å². The van der Waals surface area contributed by atoms with E-state index in [9.17, 15) is 13.2 Å². The molecule has 5 heteroatoms. The maximum Gasteiger partial charge on any atom is 0.416 e. The molecular weight excluding hydrogens is 421 g/mol. The number of benzene rings is 3. The lowest BCUT2D eigenvalue weighted by Gasteiger charge is -2.36. The van der Waals surface area contributed by atoms with E-state index >= 15 is 0 Å². The highest BCUT2D eigenvalue weighted by Gasteiger charge is 2.38. The molecule has 1 aromatic heterocycles. The Labute approximate surface area is 192 Å². The topological polar surface area (TPSA) is 24.9 Å². The summed E-state index contributed by atoms with van der Waals surface area (Å²) < 4.78 is 40.9. The van der Waals surface area contributed by atoms with Gasteiger partial charge in [0.15, 0.2) is 0 Å². The minimum atomic E-state index is -4.44. The Balaban J connectivity index is 1.87. The number of hydrogen-bond donors (Lipinski definition) is 1. The zero-order valence-electron chi connectivity index (χ0n) is 18.3. The predicted molar refractivity (Wildman–Crippen MR) is 125 cm³/mol. The van der Waals surface area contributed by atoms with E-state index < -0.39 is 17.3 Å². The molecule has 1 heterocycles. The van der Waals surface area contributed by atoms with Gasteiger partial charge < -0.3 is 0 Å². The van der Waals surface area contributed by atoms with Gasteiger partial charge in [0.2, 0.25) is 0 Å². The van der Waals surface area contributed by atoms with Crippen molar-refractivity contribution in [1.29, 1.82) is 0 Å². The molecule has 0 aliphatic carbocycles. The van der Waals surface area contributed by atoms with E-state index in [2.05, 4.69) is 16.4 Å². The average Bonchev–Trinajstić information content (AvgIpc) is 2.83. The molecule has 0 spiro atoms. The summed E-state index contributed by atoms with van der Waals surface area (Å²) in [7, 11) is 0. The van der Waals surface area contributed by atoms with Crippen LogP contribution in [0.15, 0.2) is 103 Å². The van der Waals surface area contributed by atoms with Crippen molar-refractivity contribution in [1.82, 2.24) is 10.3 Å².